The Morgan fingerprint density at radius 3 is 2.44 bits per heavy atom. The molecule has 0 saturated heterocycles. The fourth-order valence-electron chi connectivity index (χ4n) is 5.76. The summed E-state index contributed by atoms with van der Waals surface area (Å²) in [6.07, 6.45) is 12.7. The second kappa shape index (κ2) is 11.4. The number of amides is 2. The van der Waals surface area contributed by atoms with E-state index in [4.69, 9.17) is 4.74 Å². The third-order valence-electron chi connectivity index (χ3n) is 7.52. The van der Waals surface area contributed by atoms with Crippen LogP contribution in [0.2, 0.25) is 0 Å². The molecular weight excluding hydrogens is 396 g/mol. The van der Waals surface area contributed by atoms with Gasteiger partial charge in [-0.25, -0.2) is 4.79 Å². The quantitative estimate of drug-likeness (QED) is 0.503. The Hall–Kier alpha value is -2.49. The van der Waals surface area contributed by atoms with E-state index in [1.807, 2.05) is 24.3 Å². The van der Waals surface area contributed by atoms with Gasteiger partial charge in [-0.1, -0.05) is 62.1 Å². The Bertz CT molecular complexity index is 846. The minimum Gasteiger partial charge on any atom is -0.497 e. The van der Waals surface area contributed by atoms with Crippen molar-refractivity contribution in [3.8, 4) is 5.75 Å². The Balaban J connectivity index is 1.25. The van der Waals surface area contributed by atoms with Crippen LogP contribution in [0, 0.1) is 17.8 Å². The molecule has 2 saturated carbocycles. The van der Waals surface area contributed by atoms with Crippen molar-refractivity contribution in [1.82, 2.24) is 5.32 Å². The van der Waals surface area contributed by atoms with Crippen LogP contribution in [0.1, 0.15) is 63.4 Å². The third kappa shape index (κ3) is 6.51. The zero-order valence-electron chi connectivity index (χ0n) is 19.4. The SMILES string of the molecule is COc1cccc(NC(=O)N[C@@H]2CCCC[C@H]2CC2CCC(Cc3ccccc3)CC2)c1. The minimum absolute atomic E-state index is 0.0956. The van der Waals surface area contributed by atoms with Crippen molar-refractivity contribution >= 4 is 11.7 Å². The van der Waals surface area contributed by atoms with E-state index in [0.717, 1.165) is 29.7 Å². The van der Waals surface area contributed by atoms with Crippen LogP contribution in [0.3, 0.4) is 0 Å². The van der Waals surface area contributed by atoms with Gasteiger partial charge < -0.3 is 15.4 Å². The van der Waals surface area contributed by atoms with Crippen molar-refractivity contribution in [3.05, 3.63) is 60.2 Å². The molecule has 2 N–H and O–H groups in total. The van der Waals surface area contributed by atoms with Crippen LogP contribution >= 0.6 is 0 Å². The Morgan fingerprint density at radius 2 is 1.66 bits per heavy atom. The van der Waals surface area contributed by atoms with Gasteiger partial charge in [-0.3, -0.25) is 0 Å². The number of rotatable bonds is 7. The molecule has 0 heterocycles. The van der Waals surface area contributed by atoms with Crippen LogP contribution < -0.4 is 15.4 Å². The average molecular weight is 435 g/mol. The predicted molar refractivity (Wildman–Crippen MR) is 131 cm³/mol. The number of carbonyl (C=O) groups is 1. The first-order valence-corrected chi connectivity index (χ1v) is 12.4. The number of hydrogen-bond donors (Lipinski definition) is 2. The molecule has 0 bridgehead atoms. The first-order valence-electron chi connectivity index (χ1n) is 12.4. The van der Waals surface area contributed by atoms with Crippen LogP contribution in [-0.4, -0.2) is 19.2 Å². The molecule has 4 nitrogen and oxygen atoms in total. The van der Waals surface area contributed by atoms with Gasteiger partial charge in [0.1, 0.15) is 5.75 Å². The number of methoxy groups -OCH3 is 1. The van der Waals surface area contributed by atoms with Crippen LogP contribution in [-0.2, 0) is 6.42 Å². The van der Waals surface area contributed by atoms with E-state index < -0.39 is 0 Å². The Kier molecular flexibility index (Phi) is 8.08. The highest BCUT2D eigenvalue weighted by Crippen LogP contribution is 2.38. The van der Waals surface area contributed by atoms with Gasteiger partial charge in [-0.2, -0.15) is 0 Å². The molecule has 2 aromatic carbocycles. The van der Waals surface area contributed by atoms with Gasteiger partial charge in [-0.05, 0) is 74.0 Å². The van der Waals surface area contributed by atoms with Crippen LogP contribution in [0.25, 0.3) is 0 Å². The van der Waals surface area contributed by atoms with Crippen molar-refractivity contribution in [1.29, 1.82) is 0 Å². The van der Waals surface area contributed by atoms with Gasteiger partial charge in [0.15, 0.2) is 0 Å². The molecule has 32 heavy (non-hydrogen) atoms. The van der Waals surface area contributed by atoms with Gasteiger partial charge in [0.25, 0.3) is 0 Å². The van der Waals surface area contributed by atoms with Crippen molar-refractivity contribution in [2.24, 2.45) is 17.8 Å². The molecule has 2 aromatic rings. The number of benzene rings is 2. The molecule has 4 heteroatoms. The van der Waals surface area contributed by atoms with E-state index in [1.54, 1.807) is 7.11 Å². The summed E-state index contributed by atoms with van der Waals surface area (Å²) in [5.41, 5.74) is 2.25. The van der Waals surface area contributed by atoms with Gasteiger partial charge in [0.2, 0.25) is 0 Å². The van der Waals surface area contributed by atoms with Crippen molar-refractivity contribution in [2.75, 3.05) is 12.4 Å². The maximum Gasteiger partial charge on any atom is 0.319 e. The topological polar surface area (TPSA) is 50.4 Å². The lowest BCUT2D eigenvalue weighted by molar-refractivity contribution is 0.179. The zero-order chi connectivity index (χ0) is 22.2. The molecule has 4 rings (SSSR count). The number of carbonyl (C=O) groups excluding carboxylic acids is 1. The maximum atomic E-state index is 12.7. The van der Waals surface area contributed by atoms with Crippen LogP contribution in [0.15, 0.2) is 54.6 Å². The predicted octanol–water partition coefficient (Wildman–Crippen LogP) is 6.81. The summed E-state index contributed by atoms with van der Waals surface area (Å²) in [6, 6.07) is 18.7. The van der Waals surface area contributed by atoms with E-state index in [0.29, 0.717) is 5.92 Å². The van der Waals surface area contributed by atoms with E-state index in [-0.39, 0.29) is 12.1 Å². The van der Waals surface area contributed by atoms with Crippen LogP contribution in [0.4, 0.5) is 10.5 Å². The lowest BCUT2D eigenvalue weighted by Crippen LogP contribution is -2.44. The molecule has 0 spiro atoms. The first-order chi connectivity index (χ1) is 15.7. The highest BCUT2D eigenvalue weighted by atomic mass is 16.5. The van der Waals surface area contributed by atoms with E-state index in [1.165, 1.54) is 63.4 Å². The highest BCUT2D eigenvalue weighted by Gasteiger charge is 2.30. The second-order valence-electron chi connectivity index (χ2n) is 9.79. The van der Waals surface area contributed by atoms with Gasteiger partial charge in [-0.15, -0.1) is 0 Å². The zero-order valence-corrected chi connectivity index (χ0v) is 19.4. The summed E-state index contributed by atoms with van der Waals surface area (Å²) in [5, 5.41) is 6.28. The lowest BCUT2D eigenvalue weighted by atomic mass is 9.72. The number of anilines is 1. The molecular formula is C28H38N2O2. The van der Waals surface area contributed by atoms with Crippen molar-refractivity contribution < 1.29 is 9.53 Å². The minimum atomic E-state index is -0.0956. The molecule has 2 aliphatic carbocycles. The number of urea groups is 1. The Morgan fingerprint density at radius 1 is 0.906 bits per heavy atom. The maximum absolute atomic E-state index is 12.7. The molecule has 2 aliphatic rings. The fraction of sp³-hybridized carbons (Fsp3) is 0.536. The number of hydrogen-bond acceptors (Lipinski definition) is 2. The van der Waals surface area contributed by atoms with Crippen LogP contribution in [0.5, 0.6) is 5.75 Å². The molecule has 0 aromatic heterocycles. The van der Waals surface area contributed by atoms with E-state index in [9.17, 15) is 4.79 Å². The molecule has 0 unspecified atom stereocenters. The fourth-order valence-corrected chi connectivity index (χ4v) is 5.76. The summed E-state index contributed by atoms with van der Waals surface area (Å²) in [5.74, 6) is 3.01. The highest BCUT2D eigenvalue weighted by molar-refractivity contribution is 5.89. The molecule has 172 valence electrons. The monoisotopic (exact) mass is 434 g/mol. The van der Waals surface area contributed by atoms with Crippen molar-refractivity contribution in [2.45, 2.75) is 70.3 Å². The smallest absolute Gasteiger partial charge is 0.319 e. The normalized spacial score (nSPS) is 25.7. The standard InChI is InChI=1S/C28H38N2O2/c1-32-26-12-7-11-25(20-26)29-28(31)30-27-13-6-5-10-24(27)19-23-16-14-22(15-17-23)18-21-8-3-2-4-9-21/h2-4,7-9,11-12,20,22-24,27H,5-6,10,13-19H2,1H3,(H2,29,30,31)/t22?,23?,24-,27+/m0/s1. The molecule has 0 aliphatic heterocycles. The van der Waals surface area contributed by atoms with Crippen molar-refractivity contribution in [3.63, 3.8) is 0 Å². The summed E-state index contributed by atoms with van der Waals surface area (Å²) in [4.78, 5) is 12.7. The summed E-state index contributed by atoms with van der Waals surface area (Å²) >= 11 is 0. The first kappa shape index (κ1) is 22.7. The largest absolute Gasteiger partial charge is 0.497 e. The Labute approximate surface area is 193 Å². The second-order valence-corrected chi connectivity index (χ2v) is 9.79. The summed E-state index contributed by atoms with van der Waals surface area (Å²) in [6.45, 7) is 0. The third-order valence-corrected chi connectivity index (χ3v) is 7.52. The molecule has 2 atom stereocenters. The van der Waals surface area contributed by atoms with Gasteiger partial charge >= 0.3 is 6.03 Å². The summed E-state index contributed by atoms with van der Waals surface area (Å²) in [7, 11) is 1.64. The van der Waals surface area contributed by atoms with E-state index >= 15 is 0 Å². The lowest BCUT2D eigenvalue weighted by Gasteiger charge is -2.37. The number of nitrogens with one attached hydrogen (secondary N) is 2. The van der Waals surface area contributed by atoms with E-state index in [2.05, 4.69) is 41.0 Å². The molecule has 2 amide bonds. The molecule has 2 fully saturated rings. The van der Waals surface area contributed by atoms with Gasteiger partial charge in [0, 0.05) is 17.8 Å². The molecule has 0 radical (unpaired) electrons. The number of ether oxygens (including phenoxy) is 1. The average Bonchev–Trinajstić information content (AvgIpc) is 2.82. The van der Waals surface area contributed by atoms with Gasteiger partial charge in [0.05, 0.1) is 7.11 Å². The summed E-state index contributed by atoms with van der Waals surface area (Å²) < 4.78 is 5.26.